The first kappa shape index (κ1) is 43.9. The molecule has 338 valence electrons. The van der Waals surface area contributed by atoms with Gasteiger partial charge in [-0.2, -0.15) is 26.3 Å². The van der Waals surface area contributed by atoms with Crippen LogP contribution in [0.2, 0.25) is 10.0 Å². The number of hydrogen-bond donors (Lipinski definition) is 0. The minimum absolute atomic E-state index is 0.0351. The number of aromatic nitrogens is 4. The summed E-state index contributed by atoms with van der Waals surface area (Å²) >= 11 is 13.0. The van der Waals surface area contributed by atoms with Gasteiger partial charge in [-0.25, -0.2) is 13.7 Å². The van der Waals surface area contributed by atoms with Crippen LogP contribution >= 0.6 is 23.2 Å². The van der Waals surface area contributed by atoms with E-state index in [1.54, 1.807) is 18.2 Å². The van der Waals surface area contributed by atoms with Crippen LogP contribution < -0.4 is 44.5 Å². The molecule has 10 aromatic rings. The summed E-state index contributed by atoms with van der Waals surface area (Å²) in [6, 6.07) is 16.9. The number of nitrogens with zero attached hydrogens (tertiary/aromatic N) is 4. The molecule has 0 aliphatic rings. The second-order valence-corrected chi connectivity index (χ2v) is 16.8. The Morgan fingerprint density at radius 2 is 0.647 bits per heavy atom. The molecule has 68 heavy (non-hydrogen) atoms. The Hall–Kier alpha value is -7.96. The number of aryl methyl sites for hydroxylation is 1. The molecule has 0 amide bonds. The van der Waals surface area contributed by atoms with Crippen molar-refractivity contribution in [1.82, 2.24) is 18.3 Å². The maximum absolute atomic E-state index is 14.9. The van der Waals surface area contributed by atoms with Gasteiger partial charge in [0.1, 0.15) is 0 Å². The number of halogens is 8. The van der Waals surface area contributed by atoms with E-state index in [4.69, 9.17) is 23.2 Å². The van der Waals surface area contributed by atoms with E-state index in [1.165, 1.54) is 19.2 Å². The quantitative estimate of drug-likeness (QED) is 0.160. The highest BCUT2D eigenvalue weighted by molar-refractivity contribution is 6.36. The lowest BCUT2D eigenvalue weighted by Gasteiger charge is -2.19. The summed E-state index contributed by atoms with van der Waals surface area (Å²) in [5.41, 5.74) is -13.1. The van der Waals surface area contributed by atoms with Gasteiger partial charge >= 0.3 is 12.4 Å². The Kier molecular flexibility index (Phi) is 9.54. The van der Waals surface area contributed by atoms with Crippen molar-refractivity contribution in [2.45, 2.75) is 19.3 Å². The molecule has 0 bridgehead atoms. The van der Waals surface area contributed by atoms with Crippen LogP contribution in [0.1, 0.15) is 16.7 Å². The average Bonchev–Trinajstić information content (AvgIpc) is 3.86. The molecule has 0 saturated carbocycles. The van der Waals surface area contributed by atoms with Crippen LogP contribution in [0.15, 0.2) is 135 Å². The fraction of sp³-hybridized carbons (Fsp3) is 0.0833. The number of hydrogen-bond acceptors (Lipinski definition) is 8. The number of rotatable bonds is 5. The summed E-state index contributed by atoms with van der Waals surface area (Å²) < 4.78 is 91.4. The fourth-order valence-corrected chi connectivity index (χ4v) is 9.37. The van der Waals surface area contributed by atoms with Gasteiger partial charge in [-0.1, -0.05) is 53.5 Å². The van der Waals surface area contributed by atoms with E-state index in [-0.39, 0.29) is 38.3 Å². The van der Waals surface area contributed by atoms with Crippen LogP contribution in [0.5, 0.6) is 0 Å². The predicted molar refractivity (Wildman–Crippen MR) is 244 cm³/mol. The van der Waals surface area contributed by atoms with E-state index >= 15 is 0 Å². The maximum Gasteiger partial charge on any atom is 0.417 e. The van der Waals surface area contributed by atoms with Gasteiger partial charge in [-0.3, -0.25) is 42.9 Å². The molecule has 0 aliphatic carbocycles. The number of fused-ring (bicyclic) bond motifs is 4. The first-order valence-corrected chi connectivity index (χ1v) is 20.6. The molecule has 0 spiro atoms. The molecule has 6 aromatic carbocycles. The molecule has 0 atom stereocenters. The lowest BCUT2D eigenvalue weighted by Crippen LogP contribution is -2.25. The normalized spacial score (nSPS) is 12.4. The minimum Gasteiger partial charge on any atom is -0.277 e. The summed E-state index contributed by atoms with van der Waals surface area (Å²) in [4.78, 5) is 107. The van der Waals surface area contributed by atoms with Crippen molar-refractivity contribution in [3.05, 3.63) is 207 Å². The molecular weight excluding hydrogens is 945 g/mol. The predicted octanol–water partition coefficient (Wildman–Crippen LogP) is 7.63. The lowest BCUT2D eigenvalue weighted by atomic mass is 9.93. The molecule has 0 N–H and O–H groups in total. The molecule has 4 heterocycles. The zero-order valence-electron chi connectivity index (χ0n) is 34.3. The van der Waals surface area contributed by atoms with E-state index in [0.717, 1.165) is 51.1 Å². The Bertz CT molecular complexity index is 4220. The van der Waals surface area contributed by atoms with E-state index in [1.807, 2.05) is 13.0 Å². The summed E-state index contributed by atoms with van der Waals surface area (Å²) in [5.74, 6) is 0. The topological polar surface area (TPSA) is 156 Å². The maximum atomic E-state index is 14.9. The van der Waals surface area contributed by atoms with Crippen LogP contribution in [0.3, 0.4) is 0 Å². The molecule has 10 rings (SSSR count). The molecule has 0 aliphatic heterocycles. The zero-order chi connectivity index (χ0) is 48.8. The van der Waals surface area contributed by atoms with E-state index < -0.39 is 112 Å². The molecule has 0 fully saturated rings. The van der Waals surface area contributed by atoms with Gasteiger partial charge in [0, 0.05) is 23.2 Å². The van der Waals surface area contributed by atoms with Crippen LogP contribution in [0, 0.1) is 6.92 Å². The van der Waals surface area contributed by atoms with E-state index in [2.05, 4.69) is 0 Å². The summed E-state index contributed by atoms with van der Waals surface area (Å²) in [7, 11) is 1.17. The van der Waals surface area contributed by atoms with Crippen molar-refractivity contribution in [3.8, 4) is 39.3 Å². The highest BCUT2D eigenvalue weighted by Gasteiger charge is 2.39. The molecule has 0 unspecified atom stereocenters. The van der Waals surface area contributed by atoms with E-state index in [9.17, 15) is 64.7 Å². The third-order valence-electron chi connectivity index (χ3n) is 12.0. The van der Waals surface area contributed by atoms with Gasteiger partial charge in [0.05, 0.1) is 76.3 Å². The van der Waals surface area contributed by atoms with Crippen molar-refractivity contribution in [3.63, 3.8) is 0 Å². The third kappa shape index (κ3) is 6.38. The average molecular weight is 968 g/mol. The molecule has 20 heteroatoms. The van der Waals surface area contributed by atoms with Crippen LogP contribution in [-0.4, -0.2) is 18.3 Å². The third-order valence-corrected chi connectivity index (χ3v) is 12.7. The Balaban J connectivity index is 1.07. The fourth-order valence-electron chi connectivity index (χ4n) is 8.75. The monoisotopic (exact) mass is 966 g/mol. The van der Waals surface area contributed by atoms with Crippen LogP contribution in [-0.2, 0) is 19.4 Å². The van der Waals surface area contributed by atoms with Gasteiger partial charge in [-0.15, -0.1) is 0 Å². The lowest BCUT2D eigenvalue weighted by molar-refractivity contribution is -0.139. The minimum atomic E-state index is -5.42. The highest BCUT2D eigenvalue weighted by atomic mass is 35.5. The second kappa shape index (κ2) is 14.8. The largest absolute Gasteiger partial charge is 0.417 e. The zero-order valence-corrected chi connectivity index (χ0v) is 35.8. The summed E-state index contributed by atoms with van der Waals surface area (Å²) in [6.45, 7) is 1.84. The smallest absolute Gasteiger partial charge is 0.277 e. The van der Waals surface area contributed by atoms with Gasteiger partial charge in [0.15, 0.2) is 0 Å². The van der Waals surface area contributed by atoms with Crippen molar-refractivity contribution in [1.29, 1.82) is 0 Å². The molecule has 0 radical (unpaired) electrons. The summed E-state index contributed by atoms with van der Waals surface area (Å²) in [6.07, 6.45) is -10.8. The van der Waals surface area contributed by atoms with Gasteiger partial charge in [-0.05, 0) is 90.3 Å². The Morgan fingerprint density at radius 3 is 0.956 bits per heavy atom. The highest BCUT2D eigenvalue weighted by Crippen LogP contribution is 2.44. The van der Waals surface area contributed by atoms with Crippen molar-refractivity contribution >= 4 is 66.3 Å². The van der Waals surface area contributed by atoms with Crippen molar-refractivity contribution < 1.29 is 26.3 Å². The molecule has 4 aromatic heterocycles. The van der Waals surface area contributed by atoms with Crippen LogP contribution in [0.25, 0.3) is 82.4 Å². The van der Waals surface area contributed by atoms with Crippen molar-refractivity contribution in [2.75, 3.05) is 0 Å². The standard InChI is InChI=1S/C48H22Cl2F6N4O8/c1-19-3-7-25(37(49)11-19)26-10-6-22(14-38(26)50)60-45(67)33-17-31-32(18-34(33)46(60)68)44(66)59(43(31)65)21-5-9-24(36(13-21)48(54,55)56)23-8-4-20(12-35(23)47(51,52)53)58-41(63)29-15-27-28(16-30(29)42(58)64)40(62)57(2)39(27)61/h3-18H,1-2H3. The first-order chi connectivity index (χ1) is 32.0. The summed E-state index contributed by atoms with van der Waals surface area (Å²) in [5, 5.41) is -2.22. The van der Waals surface area contributed by atoms with Gasteiger partial charge < -0.3 is 0 Å². The Morgan fingerprint density at radius 1 is 0.368 bits per heavy atom. The number of alkyl halides is 6. The molecule has 0 saturated heterocycles. The molecular formula is C48H22Cl2F6N4O8. The molecule has 12 nitrogen and oxygen atoms in total. The van der Waals surface area contributed by atoms with Gasteiger partial charge in [0.25, 0.3) is 44.5 Å². The Labute approximate surface area is 381 Å². The van der Waals surface area contributed by atoms with E-state index in [0.29, 0.717) is 43.5 Å². The second-order valence-electron chi connectivity index (χ2n) is 16.0. The SMILES string of the molecule is Cc1ccc(-c2ccc(-n3c(=O)c4cc5c(=O)n(-c6ccc(-c7ccc(-n8c(=O)c9cc%10c(=O)n(C)c(=O)c%10cc9c8=O)cc7C(F)(F)F)c(C(F)(F)F)c6)c(=O)c5cc4c3=O)cc2Cl)c(Cl)c1. The number of benzene rings is 6. The van der Waals surface area contributed by atoms with Gasteiger partial charge in [0.2, 0.25) is 0 Å². The van der Waals surface area contributed by atoms with Crippen molar-refractivity contribution in [2.24, 2.45) is 7.05 Å². The van der Waals surface area contributed by atoms with Crippen LogP contribution in [0.4, 0.5) is 26.3 Å². The first-order valence-electron chi connectivity index (χ1n) is 19.8.